The van der Waals surface area contributed by atoms with Crippen molar-refractivity contribution in [3.8, 4) is 0 Å². The molecule has 3 heterocycles. The van der Waals surface area contributed by atoms with E-state index in [2.05, 4.69) is 15.0 Å². The van der Waals surface area contributed by atoms with Crippen LogP contribution in [-0.4, -0.2) is 56.5 Å². The van der Waals surface area contributed by atoms with E-state index in [-0.39, 0.29) is 11.8 Å². The minimum Gasteiger partial charge on any atom is -0.477 e. The predicted molar refractivity (Wildman–Crippen MR) is 83.1 cm³/mol. The average Bonchev–Trinajstić information content (AvgIpc) is 2.94. The van der Waals surface area contributed by atoms with E-state index in [1.807, 2.05) is 23.0 Å². The van der Waals surface area contributed by atoms with Crippen LogP contribution in [0.1, 0.15) is 22.6 Å². The number of hydrogen-bond acceptors (Lipinski definition) is 5. The Balaban J connectivity index is 1.64. The fourth-order valence-corrected chi connectivity index (χ4v) is 2.76. The van der Waals surface area contributed by atoms with Crippen molar-refractivity contribution in [3.63, 3.8) is 0 Å². The van der Waals surface area contributed by atoms with Gasteiger partial charge in [0.2, 0.25) is 0 Å². The normalized spacial score (nSPS) is 19.4. The molecule has 1 aliphatic rings. The number of nitrogens with zero attached hydrogens (tertiary/aromatic N) is 4. The monoisotopic (exact) mass is 316 g/mol. The standard InChI is InChI=1S/C16H20N4O3/c21-16(22)15-5-1-4-13(18-15)10-19-7-3-9-23-14(11-19)12-20-8-2-6-17-20/h1-2,4-6,8,14H,3,7,9-12H2,(H,21,22)/t14-/m0/s1. The molecule has 1 saturated heterocycles. The topological polar surface area (TPSA) is 80.5 Å². The van der Waals surface area contributed by atoms with E-state index >= 15 is 0 Å². The lowest BCUT2D eigenvalue weighted by Crippen LogP contribution is -2.34. The summed E-state index contributed by atoms with van der Waals surface area (Å²) >= 11 is 0. The van der Waals surface area contributed by atoms with Gasteiger partial charge in [-0.2, -0.15) is 5.10 Å². The Morgan fingerprint density at radius 1 is 1.39 bits per heavy atom. The Hall–Kier alpha value is -2.25. The van der Waals surface area contributed by atoms with Gasteiger partial charge in [-0.15, -0.1) is 0 Å². The van der Waals surface area contributed by atoms with Gasteiger partial charge in [0.25, 0.3) is 0 Å². The maximum atomic E-state index is 11.0. The summed E-state index contributed by atoms with van der Waals surface area (Å²) in [7, 11) is 0. The molecule has 0 amide bonds. The van der Waals surface area contributed by atoms with Crippen LogP contribution in [0.25, 0.3) is 0 Å². The highest BCUT2D eigenvalue weighted by Gasteiger charge is 2.20. The SMILES string of the molecule is O=C(O)c1cccc(CN2CCCO[C@H](Cn3cccn3)C2)n1. The van der Waals surface area contributed by atoms with Crippen LogP contribution in [0.2, 0.25) is 0 Å². The molecule has 23 heavy (non-hydrogen) atoms. The molecule has 1 aliphatic heterocycles. The highest BCUT2D eigenvalue weighted by Crippen LogP contribution is 2.11. The van der Waals surface area contributed by atoms with Gasteiger partial charge < -0.3 is 9.84 Å². The van der Waals surface area contributed by atoms with Crippen molar-refractivity contribution in [1.29, 1.82) is 0 Å². The van der Waals surface area contributed by atoms with E-state index in [0.717, 1.165) is 31.8 Å². The molecule has 3 rings (SSSR count). The van der Waals surface area contributed by atoms with Crippen molar-refractivity contribution in [2.75, 3.05) is 19.7 Å². The number of carboxylic acid groups (broad SMARTS) is 1. The van der Waals surface area contributed by atoms with Crippen LogP contribution >= 0.6 is 0 Å². The number of carbonyl (C=O) groups is 1. The second-order valence-corrected chi connectivity index (χ2v) is 5.63. The van der Waals surface area contributed by atoms with Crippen molar-refractivity contribution in [2.45, 2.75) is 25.6 Å². The number of aromatic carboxylic acids is 1. The minimum absolute atomic E-state index is 0.0695. The molecule has 0 bridgehead atoms. The molecule has 0 radical (unpaired) electrons. The summed E-state index contributed by atoms with van der Waals surface area (Å²) in [5.41, 5.74) is 0.853. The molecule has 0 saturated carbocycles. The summed E-state index contributed by atoms with van der Waals surface area (Å²) in [5, 5.41) is 13.3. The van der Waals surface area contributed by atoms with E-state index in [1.165, 1.54) is 6.07 Å². The molecule has 0 aliphatic carbocycles. The van der Waals surface area contributed by atoms with Gasteiger partial charge in [-0.25, -0.2) is 9.78 Å². The van der Waals surface area contributed by atoms with E-state index in [9.17, 15) is 4.79 Å². The molecule has 7 heteroatoms. The largest absolute Gasteiger partial charge is 0.477 e. The highest BCUT2D eigenvalue weighted by molar-refractivity contribution is 5.85. The Bertz CT molecular complexity index is 645. The number of aromatic nitrogens is 3. The summed E-state index contributed by atoms with van der Waals surface area (Å²) in [6, 6.07) is 7.01. The summed E-state index contributed by atoms with van der Waals surface area (Å²) < 4.78 is 7.76. The highest BCUT2D eigenvalue weighted by atomic mass is 16.5. The lowest BCUT2D eigenvalue weighted by Gasteiger charge is -2.23. The maximum absolute atomic E-state index is 11.0. The van der Waals surface area contributed by atoms with Gasteiger partial charge in [-0.3, -0.25) is 9.58 Å². The van der Waals surface area contributed by atoms with Crippen LogP contribution in [0.5, 0.6) is 0 Å². The Morgan fingerprint density at radius 3 is 3.09 bits per heavy atom. The second kappa shape index (κ2) is 7.34. The van der Waals surface area contributed by atoms with Crippen molar-refractivity contribution in [2.24, 2.45) is 0 Å². The Morgan fingerprint density at radius 2 is 2.30 bits per heavy atom. The van der Waals surface area contributed by atoms with Crippen LogP contribution in [0.3, 0.4) is 0 Å². The molecule has 0 unspecified atom stereocenters. The first-order chi connectivity index (χ1) is 11.2. The Kier molecular flexibility index (Phi) is 4.99. The molecule has 122 valence electrons. The van der Waals surface area contributed by atoms with Gasteiger partial charge in [0.1, 0.15) is 5.69 Å². The van der Waals surface area contributed by atoms with Gasteiger partial charge in [0.05, 0.1) is 18.3 Å². The van der Waals surface area contributed by atoms with Crippen molar-refractivity contribution in [1.82, 2.24) is 19.7 Å². The molecule has 0 aromatic carbocycles. The third kappa shape index (κ3) is 4.37. The van der Waals surface area contributed by atoms with Gasteiger partial charge in [0.15, 0.2) is 0 Å². The van der Waals surface area contributed by atoms with E-state index in [0.29, 0.717) is 13.1 Å². The Labute approximate surface area is 134 Å². The minimum atomic E-state index is -0.998. The smallest absolute Gasteiger partial charge is 0.354 e. The van der Waals surface area contributed by atoms with Gasteiger partial charge in [-0.1, -0.05) is 6.07 Å². The summed E-state index contributed by atoms with van der Waals surface area (Å²) in [5.74, 6) is -0.998. The fraction of sp³-hybridized carbons (Fsp3) is 0.438. The van der Waals surface area contributed by atoms with Crippen LogP contribution in [-0.2, 0) is 17.8 Å². The molecule has 1 atom stereocenters. The first kappa shape index (κ1) is 15.6. The summed E-state index contributed by atoms with van der Waals surface area (Å²) in [4.78, 5) is 17.5. The maximum Gasteiger partial charge on any atom is 0.354 e. The molecule has 1 fully saturated rings. The summed E-state index contributed by atoms with van der Waals surface area (Å²) in [6.45, 7) is 3.75. The molecule has 2 aromatic heterocycles. The number of pyridine rings is 1. The molecular formula is C16H20N4O3. The van der Waals surface area contributed by atoms with Crippen LogP contribution < -0.4 is 0 Å². The molecule has 0 spiro atoms. The average molecular weight is 316 g/mol. The van der Waals surface area contributed by atoms with Gasteiger partial charge in [-0.05, 0) is 24.6 Å². The zero-order chi connectivity index (χ0) is 16.1. The number of rotatable bonds is 5. The number of ether oxygens (including phenoxy) is 1. The van der Waals surface area contributed by atoms with Crippen LogP contribution in [0, 0.1) is 0 Å². The predicted octanol–water partition coefficient (Wildman–Crippen LogP) is 1.27. The molecular weight excluding hydrogens is 296 g/mol. The van der Waals surface area contributed by atoms with E-state index in [1.54, 1.807) is 12.3 Å². The van der Waals surface area contributed by atoms with Gasteiger partial charge in [0, 0.05) is 38.6 Å². The third-order valence-corrected chi connectivity index (χ3v) is 3.80. The lowest BCUT2D eigenvalue weighted by molar-refractivity contribution is 0.0389. The fourth-order valence-electron chi connectivity index (χ4n) is 2.76. The van der Waals surface area contributed by atoms with Gasteiger partial charge >= 0.3 is 5.97 Å². The van der Waals surface area contributed by atoms with Crippen molar-refractivity contribution in [3.05, 3.63) is 48.0 Å². The first-order valence-electron chi connectivity index (χ1n) is 7.71. The molecule has 7 nitrogen and oxygen atoms in total. The first-order valence-corrected chi connectivity index (χ1v) is 7.71. The van der Waals surface area contributed by atoms with E-state index in [4.69, 9.17) is 9.84 Å². The van der Waals surface area contributed by atoms with E-state index < -0.39 is 5.97 Å². The van der Waals surface area contributed by atoms with Crippen LogP contribution in [0.15, 0.2) is 36.7 Å². The van der Waals surface area contributed by atoms with Crippen molar-refractivity contribution < 1.29 is 14.6 Å². The number of hydrogen-bond donors (Lipinski definition) is 1. The second-order valence-electron chi connectivity index (χ2n) is 5.63. The lowest BCUT2D eigenvalue weighted by atomic mass is 10.2. The van der Waals surface area contributed by atoms with Crippen molar-refractivity contribution >= 4 is 5.97 Å². The zero-order valence-electron chi connectivity index (χ0n) is 12.8. The molecule has 2 aromatic rings. The quantitative estimate of drug-likeness (QED) is 0.894. The summed E-state index contributed by atoms with van der Waals surface area (Å²) in [6.07, 6.45) is 4.71. The molecule has 1 N–H and O–H groups in total. The number of carboxylic acids is 1. The third-order valence-electron chi connectivity index (χ3n) is 3.80. The zero-order valence-corrected chi connectivity index (χ0v) is 12.8. The van der Waals surface area contributed by atoms with Crippen LogP contribution in [0.4, 0.5) is 0 Å².